The predicted octanol–water partition coefficient (Wildman–Crippen LogP) is 5.27. The van der Waals surface area contributed by atoms with E-state index in [1.165, 1.54) is 27.3 Å². The van der Waals surface area contributed by atoms with Gasteiger partial charge in [0.1, 0.15) is 23.0 Å². The number of hydrogen-bond acceptors (Lipinski definition) is 5. The highest BCUT2D eigenvalue weighted by atomic mass is 32.1. The zero-order valence-electron chi connectivity index (χ0n) is 17.2. The van der Waals surface area contributed by atoms with Crippen molar-refractivity contribution in [3.63, 3.8) is 0 Å². The third kappa shape index (κ3) is 2.58. The van der Waals surface area contributed by atoms with Crippen LogP contribution in [0.2, 0.25) is 0 Å². The van der Waals surface area contributed by atoms with Gasteiger partial charge in [0.2, 0.25) is 0 Å². The van der Waals surface area contributed by atoms with Crippen LogP contribution in [0, 0.1) is 12.8 Å². The Morgan fingerprint density at radius 1 is 1.16 bits per heavy atom. The molecule has 0 N–H and O–H groups in total. The van der Waals surface area contributed by atoms with Crippen molar-refractivity contribution in [2.45, 2.75) is 25.4 Å². The molecule has 2 aromatic carbocycles. The Morgan fingerprint density at radius 2 is 2.10 bits per heavy atom. The van der Waals surface area contributed by atoms with E-state index >= 15 is 0 Å². The lowest BCUT2D eigenvalue weighted by atomic mass is 10.1. The molecule has 154 valence electrons. The smallest absolute Gasteiger partial charge is 0.130 e. The Balaban J connectivity index is 1.22. The Hall–Kier alpha value is -2.96. The van der Waals surface area contributed by atoms with Crippen molar-refractivity contribution in [1.29, 1.82) is 0 Å². The van der Waals surface area contributed by atoms with Crippen LogP contribution in [0.25, 0.3) is 25.9 Å². The number of ether oxygens (including phenoxy) is 2. The van der Waals surface area contributed by atoms with Gasteiger partial charge in [0.05, 0.1) is 45.7 Å². The van der Waals surface area contributed by atoms with Gasteiger partial charge in [0.25, 0.3) is 0 Å². The summed E-state index contributed by atoms with van der Waals surface area (Å²) in [6.07, 6.45) is 1.20. The lowest BCUT2D eigenvalue weighted by molar-refractivity contribution is 0.158. The first-order valence-corrected chi connectivity index (χ1v) is 11.5. The molecule has 0 spiro atoms. The number of rotatable bonds is 4. The van der Waals surface area contributed by atoms with Gasteiger partial charge in [-0.15, -0.1) is 11.3 Å². The normalized spacial score (nSPS) is 22.4. The first-order valence-electron chi connectivity index (χ1n) is 10.7. The van der Waals surface area contributed by atoms with Gasteiger partial charge in [-0.2, -0.15) is 0 Å². The molecule has 0 amide bonds. The van der Waals surface area contributed by atoms with Gasteiger partial charge in [0.15, 0.2) is 0 Å². The van der Waals surface area contributed by atoms with Crippen molar-refractivity contribution in [3.8, 4) is 5.75 Å². The van der Waals surface area contributed by atoms with E-state index < -0.39 is 0 Å². The van der Waals surface area contributed by atoms with E-state index in [0.29, 0.717) is 12.5 Å². The molecule has 7 rings (SSSR count). The average molecular weight is 428 g/mol. The lowest BCUT2D eigenvalue weighted by Gasteiger charge is -2.10. The topological polar surface area (TPSA) is 48.7 Å². The van der Waals surface area contributed by atoms with Crippen molar-refractivity contribution in [3.05, 3.63) is 71.8 Å². The standard InChI is InChI=1S/C25H21N3O2S/c1-15-23-28(24(26-15)25-11-17(25)12-29-14-25)21-9-8-19(10-22(21)31-23)30-13-18-7-6-16-4-2-3-5-20(16)27-18/h2-10,17H,11-14H2,1H3/t17-,25-/m1/s1. The summed E-state index contributed by atoms with van der Waals surface area (Å²) < 4.78 is 15.4. The number of thiazole rings is 1. The number of aryl methyl sites for hydroxylation is 1. The third-order valence-electron chi connectivity index (χ3n) is 6.78. The van der Waals surface area contributed by atoms with Crippen molar-refractivity contribution < 1.29 is 9.47 Å². The number of benzene rings is 2. The lowest BCUT2D eigenvalue weighted by Crippen LogP contribution is -2.15. The molecule has 5 aromatic rings. The fraction of sp³-hybridized carbons (Fsp3) is 0.280. The van der Waals surface area contributed by atoms with Gasteiger partial charge in [-0.3, -0.25) is 4.40 Å². The summed E-state index contributed by atoms with van der Waals surface area (Å²) in [6, 6.07) is 18.7. The van der Waals surface area contributed by atoms with Crippen LogP contribution >= 0.6 is 11.3 Å². The summed E-state index contributed by atoms with van der Waals surface area (Å²) in [5, 5.41) is 1.15. The van der Waals surface area contributed by atoms with E-state index in [2.05, 4.69) is 41.7 Å². The molecule has 5 nitrogen and oxygen atoms in total. The first-order chi connectivity index (χ1) is 15.2. The largest absolute Gasteiger partial charge is 0.487 e. The van der Waals surface area contributed by atoms with Crippen molar-refractivity contribution >= 4 is 37.3 Å². The highest BCUT2D eigenvalue weighted by Crippen LogP contribution is 2.58. The van der Waals surface area contributed by atoms with Crippen LogP contribution in [-0.4, -0.2) is 27.6 Å². The summed E-state index contributed by atoms with van der Waals surface area (Å²) in [5.41, 5.74) is 4.36. The predicted molar refractivity (Wildman–Crippen MR) is 122 cm³/mol. The summed E-state index contributed by atoms with van der Waals surface area (Å²) in [5.74, 6) is 2.68. The van der Waals surface area contributed by atoms with E-state index in [9.17, 15) is 0 Å². The quantitative estimate of drug-likeness (QED) is 0.392. The first kappa shape index (κ1) is 17.7. The number of hydrogen-bond donors (Lipinski definition) is 0. The van der Waals surface area contributed by atoms with E-state index in [-0.39, 0.29) is 5.41 Å². The summed E-state index contributed by atoms with van der Waals surface area (Å²) in [7, 11) is 0. The monoisotopic (exact) mass is 427 g/mol. The minimum absolute atomic E-state index is 0.127. The molecular formula is C25H21N3O2S. The molecule has 6 heteroatoms. The van der Waals surface area contributed by atoms with Gasteiger partial charge in [-0.1, -0.05) is 24.3 Å². The van der Waals surface area contributed by atoms with Gasteiger partial charge in [-0.05, 0) is 49.6 Å². The molecule has 1 aliphatic carbocycles. The van der Waals surface area contributed by atoms with E-state index in [0.717, 1.165) is 41.3 Å². The molecule has 1 aliphatic heterocycles. The molecule has 4 heterocycles. The second kappa shape index (κ2) is 6.28. The molecule has 2 atom stereocenters. The minimum Gasteiger partial charge on any atom is -0.487 e. The van der Waals surface area contributed by atoms with Gasteiger partial charge >= 0.3 is 0 Å². The maximum Gasteiger partial charge on any atom is 0.130 e. The van der Waals surface area contributed by atoms with Crippen molar-refractivity contribution in [2.24, 2.45) is 5.92 Å². The molecule has 0 bridgehead atoms. The van der Waals surface area contributed by atoms with E-state index in [4.69, 9.17) is 19.4 Å². The van der Waals surface area contributed by atoms with Crippen molar-refractivity contribution in [2.75, 3.05) is 13.2 Å². The summed E-state index contributed by atoms with van der Waals surface area (Å²) >= 11 is 1.79. The second-order valence-corrected chi connectivity index (χ2v) is 9.78. The minimum atomic E-state index is 0.127. The summed E-state index contributed by atoms with van der Waals surface area (Å²) in [4.78, 5) is 10.9. The van der Waals surface area contributed by atoms with Crippen molar-refractivity contribution in [1.82, 2.24) is 14.4 Å². The summed E-state index contributed by atoms with van der Waals surface area (Å²) in [6.45, 7) is 4.24. The van der Waals surface area contributed by atoms with Gasteiger partial charge in [-0.25, -0.2) is 9.97 Å². The molecule has 2 fully saturated rings. The highest BCUT2D eigenvalue weighted by Gasteiger charge is 2.62. The molecule has 0 unspecified atom stereocenters. The number of fused-ring (bicyclic) bond motifs is 5. The maximum atomic E-state index is 6.11. The Morgan fingerprint density at radius 3 is 2.97 bits per heavy atom. The Kier molecular flexibility index (Phi) is 3.58. The molecule has 0 radical (unpaired) electrons. The maximum absolute atomic E-state index is 6.11. The molecule has 1 saturated carbocycles. The van der Waals surface area contributed by atoms with Crippen LogP contribution < -0.4 is 4.74 Å². The number of aromatic nitrogens is 3. The second-order valence-electron chi connectivity index (χ2n) is 8.75. The van der Waals surface area contributed by atoms with Gasteiger partial charge in [0, 0.05) is 5.39 Å². The number of pyridine rings is 1. The zero-order valence-corrected chi connectivity index (χ0v) is 18.0. The van der Waals surface area contributed by atoms with Crippen LogP contribution in [0.1, 0.15) is 23.6 Å². The number of para-hydroxylation sites is 1. The Bertz CT molecular complexity index is 1490. The van der Waals surface area contributed by atoms with E-state index in [1.54, 1.807) is 11.3 Å². The average Bonchev–Trinajstić information content (AvgIpc) is 3.07. The van der Waals surface area contributed by atoms with Crippen LogP contribution in [-0.2, 0) is 16.8 Å². The van der Waals surface area contributed by atoms with Gasteiger partial charge < -0.3 is 9.47 Å². The highest BCUT2D eigenvalue weighted by molar-refractivity contribution is 7.24. The SMILES string of the molecule is Cc1nc([C@]23COC[C@H]2C3)n2c1sc1cc(OCc3ccc4ccccc4n3)ccc12. The third-order valence-corrected chi connectivity index (χ3v) is 7.99. The number of nitrogens with zero attached hydrogens (tertiary/aromatic N) is 3. The molecule has 3 aromatic heterocycles. The van der Waals surface area contributed by atoms with Crippen LogP contribution in [0.5, 0.6) is 5.75 Å². The Labute approximate surface area is 183 Å². The van der Waals surface area contributed by atoms with Crippen LogP contribution in [0.15, 0.2) is 54.6 Å². The molecule has 31 heavy (non-hydrogen) atoms. The van der Waals surface area contributed by atoms with Crippen LogP contribution in [0.3, 0.4) is 0 Å². The molecular weight excluding hydrogens is 406 g/mol. The fourth-order valence-electron chi connectivity index (χ4n) is 4.99. The van der Waals surface area contributed by atoms with E-state index in [1.807, 2.05) is 24.3 Å². The number of imidazole rings is 1. The van der Waals surface area contributed by atoms with Crippen LogP contribution in [0.4, 0.5) is 0 Å². The fourth-order valence-corrected chi connectivity index (χ4v) is 6.11. The molecule has 1 saturated heterocycles. The zero-order chi connectivity index (χ0) is 20.6. The molecule has 2 aliphatic rings.